The van der Waals surface area contributed by atoms with Gasteiger partial charge in [0, 0.05) is 31.6 Å². The van der Waals surface area contributed by atoms with Gasteiger partial charge in [-0.05, 0) is 44.0 Å². The lowest BCUT2D eigenvalue weighted by Crippen LogP contribution is -2.59. The zero-order valence-corrected chi connectivity index (χ0v) is 15.6. The van der Waals surface area contributed by atoms with E-state index >= 15 is 0 Å². The highest BCUT2D eigenvalue weighted by atomic mass is 16.5. The molecule has 2 saturated heterocycles. The summed E-state index contributed by atoms with van der Waals surface area (Å²) in [5.74, 6) is 0.451. The van der Waals surface area contributed by atoms with Gasteiger partial charge in [-0.15, -0.1) is 0 Å². The Hall–Kier alpha value is -1.59. The summed E-state index contributed by atoms with van der Waals surface area (Å²) in [5.41, 5.74) is 0.439. The number of carbonyl (C=O) groups excluding carboxylic acids is 1. The van der Waals surface area contributed by atoms with Crippen molar-refractivity contribution >= 4 is 5.91 Å². The molecular formula is C20H30N2O3. The molecule has 0 aromatic heterocycles. The molecule has 2 aliphatic rings. The third-order valence-electron chi connectivity index (χ3n) is 5.60. The van der Waals surface area contributed by atoms with E-state index in [1.165, 1.54) is 0 Å². The lowest BCUT2D eigenvalue weighted by Gasteiger charge is -2.48. The number of morpholine rings is 1. The summed E-state index contributed by atoms with van der Waals surface area (Å²) in [4.78, 5) is 17.5. The molecule has 1 aromatic carbocycles. The summed E-state index contributed by atoms with van der Waals surface area (Å²) in [6.45, 7) is 8.09. The number of nitrogens with zero attached hydrogens (tertiary/aromatic N) is 2. The average Bonchev–Trinajstić information content (AvgIpc) is 2.59. The zero-order valence-electron chi connectivity index (χ0n) is 15.6. The second-order valence-electron chi connectivity index (χ2n) is 8.29. The summed E-state index contributed by atoms with van der Waals surface area (Å²) >= 11 is 0. The van der Waals surface area contributed by atoms with Gasteiger partial charge in [-0.1, -0.05) is 26.0 Å². The third-order valence-corrected chi connectivity index (χ3v) is 5.60. The standard InChI is InChI=1S/C20H30N2O3/c1-19(2,14-16-4-6-17(23)7-5-16)18(24)22-12-13-25-20(15-22)8-10-21(3)11-9-20/h4-7,23H,8-15H2,1-3H3. The van der Waals surface area contributed by atoms with E-state index in [1.807, 2.05) is 30.9 Å². The van der Waals surface area contributed by atoms with Crippen LogP contribution in [0.3, 0.4) is 0 Å². The molecule has 25 heavy (non-hydrogen) atoms. The van der Waals surface area contributed by atoms with Crippen molar-refractivity contribution in [2.45, 2.75) is 38.7 Å². The van der Waals surface area contributed by atoms with Gasteiger partial charge in [0.15, 0.2) is 0 Å². The van der Waals surface area contributed by atoms with E-state index in [2.05, 4.69) is 11.9 Å². The van der Waals surface area contributed by atoms with Gasteiger partial charge < -0.3 is 19.6 Å². The maximum atomic E-state index is 13.2. The fraction of sp³-hybridized carbons (Fsp3) is 0.650. The summed E-state index contributed by atoms with van der Waals surface area (Å²) in [6, 6.07) is 7.14. The number of piperidine rings is 1. The number of aromatic hydroxyl groups is 1. The highest BCUT2D eigenvalue weighted by molar-refractivity contribution is 5.82. The topological polar surface area (TPSA) is 53.0 Å². The fourth-order valence-corrected chi connectivity index (χ4v) is 3.97. The summed E-state index contributed by atoms with van der Waals surface area (Å²) < 4.78 is 6.13. The first kappa shape index (κ1) is 18.2. The summed E-state index contributed by atoms with van der Waals surface area (Å²) in [5, 5.41) is 9.43. The second kappa shape index (κ2) is 6.96. The van der Waals surface area contributed by atoms with Gasteiger partial charge in [0.25, 0.3) is 0 Å². The van der Waals surface area contributed by atoms with Crippen molar-refractivity contribution in [1.82, 2.24) is 9.80 Å². The molecule has 0 saturated carbocycles. The molecule has 1 amide bonds. The Balaban J connectivity index is 1.67. The van der Waals surface area contributed by atoms with Gasteiger partial charge in [-0.2, -0.15) is 0 Å². The van der Waals surface area contributed by atoms with Crippen LogP contribution in [0, 0.1) is 5.41 Å². The average molecular weight is 346 g/mol. The number of phenolic OH excluding ortho intramolecular Hbond substituents is 1. The predicted octanol–water partition coefficient (Wildman–Crippen LogP) is 2.28. The SMILES string of the molecule is CN1CCC2(CC1)CN(C(=O)C(C)(C)Cc1ccc(O)cc1)CCO2. The second-order valence-corrected chi connectivity index (χ2v) is 8.29. The largest absolute Gasteiger partial charge is 0.508 e. The van der Waals surface area contributed by atoms with Gasteiger partial charge in [0.1, 0.15) is 5.75 Å². The number of hydrogen-bond acceptors (Lipinski definition) is 4. The monoisotopic (exact) mass is 346 g/mol. The van der Waals surface area contributed by atoms with Crippen molar-refractivity contribution < 1.29 is 14.6 Å². The number of amides is 1. The molecule has 138 valence electrons. The van der Waals surface area contributed by atoms with Crippen LogP contribution in [-0.4, -0.2) is 66.2 Å². The van der Waals surface area contributed by atoms with E-state index in [0.717, 1.165) is 31.5 Å². The van der Waals surface area contributed by atoms with Gasteiger partial charge >= 0.3 is 0 Å². The Labute approximate surface area is 150 Å². The Kier molecular flexibility index (Phi) is 5.07. The maximum Gasteiger partial charge on any atom is 0.228 e. The molecule has 1 spiro atoms. The van der Waals surface area contributed by atoms with Crippen LogP contribution in [0.15, 0.2) is 24.3 Å². The molecule has 3 rings (SSSR count). The molecule has 5 nitrogen and oxygen atoms in total. The van der Waals surface area contributed by atoms with Crippen molar-refractivity contribution in [1.29, 1.82) is 0 Å². The predicted molar refractivity (Wildman–Crippen MR) is 97.6 cm³/mol. The third kappa shape index (κ3) is 4.15. The minimum Gasteiger partial charge on any atom is -0.508 e. The molecule has 5 heteroatoms. The number of hydrogen-bond donors (Lipinski definition) is 1. The summed E-state index contributed by atoms with van der Waals surface area (Å²) in [7, 11) is 2.14. The van der Waals surface area contributed by atoms with Crippen molar-refractivity contribution in [2.75, 3.05) is 39.8 Å². The lowest BCUT2D eigenvalue weighted by atomic mass is 9.82. The van der Waals surface area contributed by atoms with E-state index in [4.69, 9.17) is 4.74 Å². The first-order valence-electron chi connectivity index (χ1n) is 9.20. The minimum absolute atomic E-state index is 0.158. The molecule has 2 heterocycles. The molecule has 0 aliphatic carbocycles. The van der Waals surface area contributed by atoms with Gasteiger partial charge in [-0.3, -0.25) is 4.79 Å². The first-order valence-corrected chi connectivity index (χ1v) is 9.20. The molecule has 0 atom stereocenters. The van der Waals surface area contributed by atoms with Gasteiger partial charge in [0.05, 0.1) is 12.2 Å². The summed E-state index contributed by atoms with van der Waals surface area (Å²) in [6.07, 6.45) is 2.65. The van der Waals surface area contributed by atoms with E-state index in [-0.39, 0.29) is 17.3 Å². The highest BCUT2D eigenvalue weighted by Gasteiger charge is 2.43. The van der Waals surface area contributed by atoms with Crippen molar-refractivity contribution in [3.63, 3.8) is 0 Å². The van der Waals surface area contributed by atoms with Crippen LogP contribution in [0.4, 0.5) is 0 Å². The van der Waals surface area contributed by atoms with Crippen LogP contribution in [0.1, 0.15) is 32.3 Å². The van der Waals surface area contributed by atoms with Gasteiger partial charge in [0.2, 0.25) is 5.91 Å². The van der Waals surface area contributed by atoms with Crippen molar-refractivity contribution in [2.24, 2.45) is 5.41 Å². The molecule has 2 fully saturated rings. The minimum atomic E-state index is -0.471. The molecule has 0 bridgehead atoms. The van der Waals surface area contributed by atoms with Crippen LogP contribution in [-0.2, 0) is 16.0 Å². The van der Waals surface area contributed by atoms with E-state index < -0.39 is 5.41 Å². The van der Waals surface area contributed by atoms with Crippen LogP contribution < -0.4 is 0 Å². The van der Waals surface area contributed by atoms with E-state index in [0.29, 0.717) is 26.1 Å². The smallest absolute Gasteiger partial charge is 0.228 e. The van der Waals surface area contributed by atoms with Crippen LogP contribution in [0.5, 0.6) is 5.75 Å². The zero-order chi connectivity index (χ0) is 18.1. The van der Waals surface area contributed by atoms with Crippen LogP contribution in [0.25, 0.3) is 0 Å². The van der Waals surface area contributed by atoms with Crippen molar-refractivity contribution in [3.8, 4) is 5.75 Å². The van der Waals surface area contributed by atoms with Gasteiger partial charge in [-0.25, -0.2) is 0 Å². The Bertz CT molecular complexity index is 604. The Morgan fingerprint density at radius 2 is 1.84 bits per heavy atom. The fourth-order valence-electron chi connectivity index (χ4n) is 3.97. The number of ether oxygens (including phenoxy) is 1. The molecule has 0 radical (unpaired) electrons. The number of rotatable bonds is 3. The van der Waals surface area contributed by atoms with Crippen LogP contribution >= 0.6 is 0 Å². The maximum absolute atomic E-state index is 13.2. The number of benzene rings is 1. The van der Waals surface area contributed by atoms with E-state index in [9.17, 15) is 9.90 Å². The quantitative estimate of drug-likeness (QED) is 0.912. The Morgan fingerprint density at radius 3 is 2.48 bits per heavy atom. The molecule has 1 N–H and O–H groups in total. The molecule has 1 aromatic rings. The lowest BCUT2D eigenvalue weighted by molar-refractivity contribution is -0.165. The molecule has 0 unspecified atom stereocenters. The number of likely N-dealkylation sites (tertiary alicyclic amines) is 1. The normalized spacial score (nSPS) is 21.5. The molecule has 2 aliphatic heterocycles. The first-order chi connectivity index (χ1) is 11.8. The number of carbonyl (C=O) groups is 1. The van der Waals surface area contributed by atoms with Crippen molar-refractivity contribution in [3.05, 3.63) is 29.8 Å². The highest BCUT2D eigenvalue weighted by Crippen LogP contribution is 2.33. The number of phenols is 1. The van der Waals surface area contributed by atoms with E-state index in [1.54, 1.807) is 12.1 Å². The van der Waals surface area contributed by atoms with Crippen LogP contribution in [0.2, 0.25) is 0 Å². The molecular weight excluding hydrogens is 316 g/mol. The Morgan fingerprint density at radius 1 is 1.20 bits per heavy atom.